The maximum Gasteiger partial charge on any atom is 0.321 e. The Balaban J connectivity index is 1.44. The van der Waals surface area contributed by atoms with Crippen LogP contribution in [0.3, 0.4) is 0 Å². The Morgan fingerprint density at radius 3 is 2.88 bits per heavy atom. The number of aromatic nitrogens is 3. The van der Waals surface area contributed by atoms with Gasteiger partial charge in [-0.15, -0.1) is 0 Å². The van der Waals surface area contributed by atoms with Crippen LogP contribution in [0.15, 0.2) is 54.9 Å². The number of nitrogens with zero attached hydrogens (tertiary/aromatic N) is 4. The van der Waals surface area contributed by atoms with Crippen LogP contribution in [0.25, 0.3) is 27.9 Å². The van der Waals surface area contributed by atoms with Crippen molar-refractivity contribution in [2.24, 2.45) is 0 Å². The molecule has 0 saturated carbocycles. The van der Waals surface area contributed by atoms with Gasteiger partial charge in [0, 0.05) is 37.7 Å². The lowest BCUT2D eigenvalue weighted by Gasteiger charge is -2.15. The van der Waals surface area contributed by atoms with Crippen molar-refractivity contribution in [3.63, 3.8) is 0 Å². The van der Waals surface area contributed by atoms with Gasteiger partial charge in [0.2, 0.25) is 0 Å². The highest BCUT2D eigenvalue weighted by atomic mass is 16.5. The molecule has 34 heavy (non-hydrogen) atoms. The number of likely N-dealkylation sites (N-methyl/N-ethyl adjacent to an activating group) is 1. The predicted octanol–water partition coefficient (Wildman–Crippen LogP) is 3.11. The van der Waals surface area contributed by atoms with Crippen LogP contribution in [0.4, 0.5) is 0 Å². The number of likely N-dealkylation sites (tertiary alicyclic amines) is 1. The molecule has 1 aromatic carbocycles. The molecule has 2 atom stereocenters. The summed E-state index contributed by atoms with van der Waals surface area (Å²) in [6.07, 6.45) is 3.92. The smallest absolute Gasteiger partial charge is 0.321 e. The molecular formula is C25H26N4O5. The van der Waals surface area contributed by atoms with Gasteiger partial charge < -0.3 is 19.3 Å². The summed E-state index contributed by atoms with van der Waals surface area (Å²) in [6, 6.07) is 13.0. The largest absolute Gasteiger partial charge is 0.491 e. The molecule has 1 saturated heterocycles. The fourth-order valence-corrected chi connectivity index (χ4v) is 4.35. The Morgan fingerprint density at radius 2 is 2.09 bits per heavy atom. The lowest BCUT2D eigenvalue weighted by molar-refractivity contribution is -0.141. The van der Waals surface area contributed by atoms with Crippen molar-refractivity contribution in [1.82, 2.24) is 19.3 Å². The van der Waals surface area contributed by atoms with E-state index in [4.69, 9.17) is 19.2 Å². The molecule has 9 nitrogen and oxygen atoms in total. The first-order chi connectivity index (χ1) is 16.5. The maximum absolute atomic E-state index is 11.5. The molecule has 1 N–H and O–H groups in total. The molecule has 2 unspecified atom stereocenters. The van der Waals surface area contributed by atoms with E-state index in [1.165, 1.54) is 0 Å². The first kappa shape index (κ1) is 22.1. The number of para-hydroxylation sites is 1. The van der Waals surface area contributed by atoms with Gasteiger partial charge in [0.1, 0.15) is 41.4 Å². The summed E-state index contributed by atoms with van der Waals surface area (Å²) < 4.78 is 18.9. The Bertz CT molecular complexity index is 1340. The summed E-state index contributed by atoms with van der Waals surface area (Å²) >= 11 is 0. The van der Waals surface area contributed by atoms with Gasteiger partial charge in [0.25, 0.3) is 0 Å². The quantitative estimate of drug-likeness (QED) is 0.399. The summed E-state index contributed by atoms with van der Waals surface area (Å²) in [5.74, 6) is 0.545. The number of carbonyl (C=O) groups is 1. The van der Waals surface area contributed by atoms with Crippen LogP contribution in [0.2, 0.25) is 0 Å². The highest BCUT2D eigenvalue weighted by Gasteiger charge is 2.35. The summed E-state index contributed by atoms with van der Waals surface area (Å²) in [6.45, 7) is 1.54. The van der Waals surface area contributed by atoms with E-state index in [9.17, 15) is 9.90 Å². The Morgan fingerprint density at radius 1 is 1.21 bits per heavy atom. The molecule has 1 aliphatic heterocycles. The molecule has 0 amide bonds. The minimum Gasteiger partial charge on any atom is -0.491 e. The number of pyridine rings is 2. The molecule has 0 radical (unpaired) electrons. The van der Waals surface area contributed by atoms with Crippen LogP contribution < -0.4 is 9.47 Å². The zero-order valence-electron chi connectivity index (χ0n) is 19.0. The molecule has 0 aliphatic carbocycles. The highest BCUT2D eigenvalue weighted by Crippen LogP contribution is 2.31. The van der Waals surface area contributed by atoms with Crippen molar-refractivity contribution in [3.05, 3.63) is 54.9 Å². The van der Waals surface area contributed by atoms with Crippen molar-refractivity contribution < 1.29 is 24.1 Å². The second-order valence-corrected chi connectivity index (χ2v) is 8.37. The molecule has 0 bridgehead atoms. The fraction of sp³-hybridized carbons (Fsp3) is 0.320. The van der Waals surface area contributed by atoms with E-state index in [-0.39, 0.29) is 6.10 Å². The van der Waals surface area contributed by atoms with Crippen LogP contribution in [-0.2, 0) is 9.53 Å². The number of fused-ring (bicyclic) bond motifs is 2. The number of carboxylic acid groups (broad SMARTS) is 1. The monoisotopic (exact) mass is 462 g/mol. The SMILES string of the molecule is COCCOc1ccn2c(-c3ccc4cccc(OC5CC(C(=O)O)N(C)C5)c4n3)cnc2c1. The average molecular weight is 463 g/mol. The lowest BCUT2D eigenvalue weighted by Crippen LogP contribution is -2.32. The Labute approximate surface area is 196 Å². The van der Waals surface area contributed by atoms with Gasteiger partial charge >= 0.3 is 5.97 Å². The van der Waals surface area contributed by atoms with Crippen LogP contribution in [-0.4, -0.2) is 76.4 Å². The zero-order valence-corrected chi connectivity index (χ0v) is 19.0. The van der Waals surface area contributed by atoms with Crippen molar-refractivity contribution in [2.45, 2.75) is 18.6 Å². The van der Waals surface area contributed by atoms with Crippen molar-refractivity contribution in [1.29, 1.82) is 0 Å². The first-order valence-electron chi connectivity index (χ1n) is 11.1. The average Bonchev–Trinajstić information content (AvgIpc) is 3.42. The third kappa shape index (κ3) is 4.27. The molecule has 1 fully saturated rings. The third-order valence-corrected chi connectivity index (χ3v) is 6.08. The number of carboxylic acids is 1. The molecule has 1 aliphatic rings. The van der Waals surface area contributed by atoms with E-state index >= 15 is 0 Å². The van der Waals surface area contributed by atoms with Gasteiger partial charge in [-0.1, -0.05) is 18.2 Å². The summed E-state index contributed by atoms with van der Waals surface area (Å²) in [7, 11) is 3.44. The van der Waals surface area contributed by atoms with Gasteiger partial charge in [-0.25, -0.2) is 9.97 Å². The first-order valence-corrected chi connectivity index (χ1v) is 11.1. The number of hydrogen-bond acceptors (Lipinski definition) is 7. The Hall–Kier alpha value is -3.69. The number of ether oxygens (including phenoxy) is 3. The number of benzene rings is 1. The van der Waals surface area contributed by atoms with Crippen LogP contribution in [0, 0.1) is 0 Å². The lowest BCUT2D eigenvalue weighted by atomic mass is 10.1. The van der Waals surface area contributed by atoms with Crippen LogP contribution in [0.1, 0.15) is 6.42 Å². The van der Waals surface area contributed by atoms with Gasteiger partial charge in [-0.05, 0) is 25.2 Å². The number of aliphatic carboxylic acids is 1. The van der Waals surface area contributed by atoms with E-state index in [2.05, 4.69) is 4.98 Å². The van der Waals surface area contributed by atoms with Gasteiger partial charge in [-0.3, -0.25) is 14.1 Å². The van der Waals surface area contributed by atoms with Crippen molar-refractivity contribution in [2.75, 3.05) is 33.9 Å². The normalized spacial score (nSPS) is 18.5. The van der Waals surface area contributed by atoms with E-state index in [0.29, 0.717) is 31.9 Å². The maximum atomic E-state index is 11.5. The molecule has 5 rings (SSSR count). The minimum atomic E-state index is -0.827. The number of hydrogen-bond donors (Lipinski definition) is 1. The van der Waals surface area contributed by atoms with Gasteiger partial charge in [-0.2, -0.15) is 0 Å². The van der Waals surface area contributed by atoms with Crippen LogP contribution in [0.5, 0.6) is 11.5 Å². The Kier molecular flexibility index (Phi) is 6.04. The molecule has 0 spiro atoms. The third-order valence-electron chi connectivity index (χ3n) is 6.08. The number of rotatable bonds is 8. The summed E-state index contributed by atoms with van der Waals surface area (Å²) in [5.41, 5.74) is 3.10. The molecule has 9 heteroatoms. The standard InChI is InChI=1S/C25H26N4O5/c1-28-15-18(12-20(28)25(30)31)34-22-5-3-4-16-6-7-19(27-24(16)22)21-14-26-23-13-17(8-9-29(21)23)33-11-10-32-2/h3-9,13-14,18,20H,10-12,15H2,1-2H3,(H,30,31). The van der Waals surface area contributed by atoms with E-state index in [0.717, 1.165) is 33.7 Å². The van der Waals surface area contributed by atoms with Crippen LogP contribution >= 0.6 is 0 Å². The number of methoxy groups -OCH3 is 1. The van der Waals surface area contributed by atoms with E-state index in [1.54, 1.807) is 20.4 Å². The predicted molar refractivity (Wildman–Crippen MR) is 126 cm³/mol. The van der Waals surface area contributed by atoms with E-state index in [1.807, 2.05) is 58.0 Å². The minimum absolute atomic E-state index is 0.213. The summed E-state index contributed by atoms with van der Waals surface area (Å²) in [5, 5.41) is 10.4. The molecule has 3 aromatic heterocycles. The van der Waals surface area contributed by atoms with Crippen molar-refractivity contribution in [3.8, 4) is 22.9 Å². The second kappa shape index (κ2) is 9.28. The highest BCUT2D eigenvalue weighted by molar-refractivity contribution is 5.86. The zero-order chi connectivity index (χ0) is 23.7. The van der Waals surface area contributed by atoms with Gasteiger partial charge in [0.05, 0.1) is 24.2 Å². The molecular weight excluding hydrogens is 436 g/mol. The molecule has 4 aromatic rings. The fourth-order valence-electron chi connectivity index (χ4n) is 4.35. The molecule has 4 heterocycles. The van der Waals surface area contributed by atoms with Gasteiger partial charge in [0.15, 0.2) is 0 Å². The summed E-state index contributed by atoms with van der Waals surface area (Å²) in [4.78, 5) is 22.7. The number of imidazole rings is 1. The molecule has 176 valence electrons. The van der Waals surface area contributed by atoms with E-state index < -0.39 is 12.0 Å². The van der Waals surface area contributed by atoms with Crippen molar-refractivity contribution >= 4 is 22.5 Å². The topological polar surface area (TPSA) is 98.4 Å². The second-order valence-electron chi connectivity index (χ2n) is 8.37.